The molecule has 0 atom stereocenters. The molecule has 1 amide bonds. The first-order valence-corrected chi connectivity index (χ1v) is 6.85. The van der Waals surface area contributed by atoms with Crippen LogP contribution in [0.1, 0.15) is 20.3 Å². The first-order chi connectivity index (χ1) is 9.56. The van der Waals surface area contributed by atoms with E-state index in [4.69, 9.17) is 9.84 Å². The number of carbonyl (C=O) groups is 1. The molecule has 1 rings (SSSR count). The fourth-order valence-electron chi connectivity index (χ4n) is 1.88. The predicted molar refractivity (Wildman–Crippen MR) is 80.0 cm³/mol. The number of hydrogen-bond acceptors (Lipinski definition) is 4. The standard InChI is InChI=1S/C15H24N2O3/c1-12(2)17(8-5-9-18)11-15(19)16-13-6-4-7-14(10-13)20-3/h4,6-7,10,12,18H,5,8-9,11H2,1-3H3,(H,16,19). The van der Waals surface area contributed by atoms with Crippen LogP contribution in [0.15, 0.2) is 24.3 Å². The van der Waals surface area contributed by atoms with E-state index in [1.165, 1.54) is 0 Å². The van der Waals surface area contributed by atoms with Crippen molar-refractivity contribution >= 4 is 11.6 Å². The van der Waals surface area contributed by atoms with Crippen molar-refractivity contribution in [3.8, 4) is 5.75 Å². The molecule has 1 aromatic carbocycles. The molecule has 5 heteroatoms. The van der Waals surface area contributed by atoms with Crippen molar-refractivity contribution in [2.24, 2.45) is 0 Å². The van der Waals surface area contributed by atoms with Gasteiger partial charge < -0.3 is 15.2 Å². The predicted octanol–water partition coefficient (Wildman–Crippen LogP) is 1.73. The van der Waals surface area contributed by atoms with Crippen LogP contribution >= 0.6 is 0 Å². The molecule has 1 aromatic rings. The first-order valence-electron chi connectivity index (χ1n) is 6.85. The number of nitrogens with one attached hydrogen (secondary N) is 1. The summed E-state index contributed by atoms with van der Waals surface area (Å²) in [4.78, 5) is 14.1. The van der Waals surface area contributed by atoms with E-state index < -0.39 is 0 Å². The van der Waals surface area contributed by atoms with Crippen LogP contribution in [0, 0.1) is 0 Å². The van der Waals surface area contributed by atoms with Gasteiger partial charge in [-0.25, -0.2) is 0 Å². The number of rotatable bonds is 8. The first kappa shape index (κ1) is 16.5. The largest absolute Gasteiger partial charge is 0.497 e. The minimum atomic E-state index is -0.0649. The monoisotopic (exact) mass is 280 g/mol. The van der Waals surface area contributed by atoms with Gasteiger partial charge in [-0.3, -0.25) is 9.69 Å². The lowest BCUT2D eigenvalue weighted by Crippen LogP contribution is -2.38. The summed E-state index contributed by atoms with van der Waals surface area (Å²) in [6.07, 6.45) is 0.671. The molecular weight excluding hydrogens is 256 g/mol. The minimum Gasteiger partial charge on any atom is -0.497 e. The molecule has 20 heavy (non-hydrogen) atoms. The van der Waals surface area contributed by atoms with Crippen molar-refractivity contribution in [3.05, 3.63) is 24.3 Å². The third kappa shape index (κ3) is 5.59. The zero-order chi connectivity index (χ0) is 15.0. The van der Waals surface area contributed by atoms with Gasteiger partial charge in [0.1, 0.15) is 5.75 Å². The van der Waals surface area contributed by atoms with Crippen molar-refractivity contribution in [1.29, 1.82) is 0 Å². The Balaban J connectivity index is 2.56. The Labute approximate surface area is 120 Å². The average molecular weight is 280 g/mol. The number of nitrogens with zero attached hydrogens (tertiary/aromatic N) is 1. The maximum Gasteiger partial charge on any atom is 0.238 e. The van der Waals surface area contributed by atoms with Crippen molar-refractivity contribution in [2.75, 3.05) is 32.1 Å². The molecule has 0 radical (unpaired) electrons. The van der Waals surface area contributed by atoms with Crippen LogP contribution in [-0.4, -0.2) is 48.8 Å². The lowest BCUT2D eigenvalue weighted by atomic mass is 10.2. The summed E-state index contributed by atoms with van der Waals surface area (Å²) in [7, 11) is 1.59. The van der Waals surface area contributed by atoms with Gasteiger partial charge in [-0.05, 0) is 32.4 Å². The second-order valence-electron chi connectivity index (χ2n) is 4.92. The number of ether oxygens (including phenoxy) is 1. The molecule has 0 aromatic heterocycles. The number of aliphatic hydroxyl groups excluding tert-OH is 1. The fourth-order valence-corrected chi connectivity index (χ4v) is 1.88. The summed E-state index contributed by atoms with van der Waals surface area (Å²) in [6, 6.07) is 7.54. The highest BCUT2D eigenvalue weighted by Gasteiger charge is 2.13. The number of benzene rings is 1. The number of carbonyl (C=O) groups excluding carboxylic acids is 1. The maximum atomic E-state index is 12.0. The zero-order valence-corrected chi connectivity index (χ0v) is 12.4. The van der Waals surface area contributed by atoms with Crippen LogP contribution in [0.4, 0.5) is 5.69 Å². The van der Waals surface area contributed by atoms with Crippen molar-refractivity contribution in [2.45, 2.75) is 26.3 Å². The van der Waals surface area contributed by atoms with Crippen LogP contribution < -0.4 is 10.1 Å². The normalized spacial score (nSPS) is 10.9. The average Bonchev–Trinajstić information content (AvgIpc) is 2.43. The Hall–Kier alpha value is -1.59. The van der Waals surface area contributed by atoms with Gasteiger partial charge in [0.15, 0.2) is 0 Å². The van der Waals surface area contributed by atoms with Gasteiger partial charge >= 0.3 is 0 Å². The maximum absolute atomic E-state index is 12.0. The van der Waals surface area contributed by atoms with Gasteiger partial charge in [-0.2, -0.15) is 0 Å². The highest BCUT2D eigenvalue weighted by molar-refractivity contribution is 5.92. The van der Waals surface area contributed by atoms with Crippen LogP contribution in [0.3, 0.4) is 0 Å². The fraction of sp³-hybridized carbons (Fsp3) is 0.533. The zero-order valence-electron chi connectivity index (χ0n) is 12.4. The summed E-state index contributed by atoms with van der Waals surface area (Å²) in [5.41, 5.74) is 0.722. The molecule has 112 valence electrons. The SMILES string of the molecule is COc1cccc(NC(=O)CN(CCCO)C(C)C)c1. The number of hydrogen-bond donors (Lipinski definition) is 2. The van der Waals surface area contributed by atoms with E-state index in [2.05, 4.69) is 5.32 Å². The molecule has 0 bridgehead atoms. The van der Waals surface area contributed by atoms with Crippen molar-refractivity contribution in [3.63, 3.8) is 0 Å². The summed E-state index contributed by atoms with van der Waals surface area (Å²) in [6.45, 7) is 5.24. The molecule has 2 N–H and O–H groups in total. The van der Waals surface area contributed by atoms with E-state index in [-0.39, 0.29) is 18.6 Å². The molecule has 5 nitrogen and oxygen atoms in total. The topological polar surface area (TPSA) is 61.8 Å². The summed E-state index contributed by atoms with van der Waals surface area (Å²) < 4.78 is 5.12. The van der Waals surface area contributed by atoms with Crippen LogP contribution in [0.25, 0.3) is 0 Å². The Bertz CT molecular complexity index is 421. The Morgan fingerprint density at radius 2 is 2.20 bits per heavy atom. The quantitative estimate of drug-likeness (QED) is 0.761. The smallest absolute Gasteiger partial charge is 0.238 e. The number of methoxy groups -OCH3 is 1. The molecular formula is C15H24N2O3. The molecule has 0 aliphatic rings. The van der Waals surface area contributed by atoms with Gasteiger partial charge in [0.2, 0.25) is 5.91 Å². The molecule has 0 saturated heterocycles. The van der Waals surface area contributed by atoms with Gasteiger partial charge in [0, 0.05) is 30.9 Å². The van der Waals surface area contributed by atoms with E-state index in [1.54, 1.807) is 13.2 Å². The van der Waals surface area contributed by atoms with E-state index in [0.29, 0.717) is 25.3 Å². The van der Waals surface area contributed by atoms with Crippen LogP contribution in [-0.2, 0) is 4.79 Å². The lowest BCUT2D eigenvalue weighted by Gasteiger charge is -2.25. The number of anilines is 1. The highest BCUT2D eigenvalue weighted by Crippen LogP contribution is 2.16. The van der Waals surface area contributed by atoms with E-state index in [1.807, 2.05) is 36.9 Å². The van der Waals surface area contributed by atoms with Crippen LogP contribution in [0.5, 0.6) is 5.75 Å². The molecule has 0 fully saturated rings. The second kappa shape index (κ2) is 8.55. The van der Waals surface area contributed by atoms with Crippen molar-refractivity contribution in [1.82, 2.24) is 4.90 Å². The number of aliphatic hydroxyl groups is 1. The molecule has 0 spiro atoms. The third-order valence-electron chi connectivity index (χ3n) is 3.03. The summed E-state index contributed by atoms with van der Waals surface area (Å²) in [5, 5.41) is 11.7. The molecule has 0 saturated carbocycles. The lowest BCUT2D eigenvalue weighted by molar-refractivity contribution is -0.117. The second-order valence-corrected chi connectivity index (χ2v) is 4.92. The molecule has 0 unspecified atom stereocenters. The summed E-state index contributed by atoms with van der Waals surface area (Å²) in [5.74, 6) is 0.647. The van der Waals surface area contributed by atoms with E-state index in [9.17, 15) is 4.79 Å². The molecule has 0 aliphatic heterocycles. The Morgan fingerprint density at radius 1 is 1.45 bits per heavy atom. The highest BCUT2D eigenvalue weighted by atomic mass is 16.5. The Kier molecular flexibility index (Phi) is 7.04. The van der Waals surface area contributed by atoms with Crippen LogP contribution in [0.2, 0.25) is 0 Å². The van der Waals surface area contributed by atoms with Gasteiger partial charge in [-0.15, -0.1) is 0 Å². The molecule has 0 heterocycles. The molecule has 0 aliphatic carbocycles. The third-order valence-corrected chi connectivity index (χ3v) is 3.03. The van der Waals surface area contributed by atoms with Gasteiger partial charge in [-0.1, -0.05) is 6.07 Å². The van der Waals surface area contributed by atoms with Gasteiger partial charge in [0.25, 0.3) is 0 Å². The number of amides is 1. The van der Waals surface area contributed by atoms with E-state index in [0.717, 1.165) is 5.69 Å². The Morgan fingerprint density at radius 3 is 2.80 bits per heavy atom. The summed E-state index contributed by atoms with van der Waals surface area (Å²) >= 11 is 0. The minimum absolute atomic E-state index is 0.0649. The van der Waals surface area contributed by atoms with Gasteiger partial charge in [0.05, 0.1) is 13.7 Å². The van der Waals surface area contributed by atoms with E-state index >= 15 is 0 Å². The van der Waals surface area contributed by atoms with Crippen molar-refractivity contribution < 1.29 is 14.6 Å².